The van der Waals surface area contributed by atoms with Gasteiger partial charge in [-0.05, 0) is 18.6 Å². The van der Waals surface area contributed by atoms with Gasteiger partial charge in [-0.3, -0.25) is 4.79 Å². The molecule has 1 aromatic carbocycles. The first-order valence-electron chi connectivity index (χ1n) is 5.50. The summed E-state index contributed by atoms with van der Waals surface area (Å²) in [5.74, 6) is -0.308. The quantitative estimate of drug-likeness (QED) is 0.879. The topological polar surface area (TPSA) is 68.0 Å². The molecule has 0 saturated heterocycles. The second-order valence-electron chi connectivity index (χ2n) is 3.98. The van der Waals surface area contributed by atoms with Crippen LogP contribution in [0.4, 0.5) is 0 Å². The molecule has 0 aliphatic rings. The Balaban J connectivity index is 2.36. The van der Waals surface area contributed by atoms with Crippen molar-refractivity contribution in [3.05, 3.63) is 28.8 Å². The number of hydrogen-bond donors (Lipinski definition) is 1. The van der Waals surface area contributed by atoms with Crippen molar-refractivity contribution in [2.45, 2.75) is 12.1 Å². The average Bonchev–Trinajstić information content (AvgIpc) is 2.72. The molecule has 100 valence electrons. The number of hydrogen-bond acceptors (Lipinski definition) is 4. The fraction of sp³-hybridized carbons (Fsp3) is 0.250. The number of carbonyl (C=O) groups is 1. The van der Waals surface area contributed by atoms with Crippen LogP contribution in [0.5, 0.6) is 0 Å². The minimum atomic E-state index is -0.886. The first-order chi connectivity index (χ1) is 9.00. The lowest BCUT2D eigenvalue weighted by molar-refractivity contribution is -0.133. The number of aromatic nitrogens is 3. The number of carboxylic acid groups (broad SMARTS) is 1. The van der Waals surface area contributed by atoms with Crippen LogP contribution >= 0.6 is 23.4 Å². The number of carboxylic acids is 1. The highest BCUT2D eigenvalue weighted by Crippen LogP contribution is 2.30. The summed E-state index contributed by atoms with van der Waals surface area (Å²) < 4.78 is 1.74. The molecule has 0 radical (unpaired) electrons. The van der Waals surface area contributed by atoms with E-state index < -0.39 is 5.97 Å². The van der Waals surface area contributed by atoms with Crippen LogP contribution in [-0.2, 0) is 11.8 Å². The average molecular weight is 298 g/mol. The number of benzene rings is 1. The summed E-state index contributed by atoms with van der Waals surface area (Å²) in [6, 6.07) is 5.68. The molecule has 0 amide bonds. The van der Waals surface area contributed by atoms with Gasteiger partial charge in [0.15, 0.2) is 11.0 Å². The number of halogens is 1. The van der Waals surface area contributed by atoms with E-state index >= 15 is 0 Å². The van der Waals surface area contributed by atoms with Crippen molar-refractivity contribution < 1.29 is 9.90 Å². The van der Waals surface area contributed by atoms with Gasteiger partial charge in [-0.1, -0.05) is 35.5 Å². The molecule has 2 rings (SSSR count). The molecule has 0 aliphatic heterocycles. The molecule has 7 heteroatoms. The molecular formula is C12H12ClN3O2S. The number of aryl methyl sites for hydroxylation is 1. The van der Waals surface area contributed by atoms with Gasteiger partial charge < -0.3 is 9.67 Å². The molecule has 1 N–H and O–H groups in total. The second-order valence-corrected chi connectivity index (χ2v) is 5.30. The van der Waals surface area contributed by atoms with E-state index in [1.165, 1.54) is 0 Å². The Kier molecular flexibility index (Phi) is 4.11. The summed E-state index contributed by atoms with van der Waals surface area (Å²) in [6.45, 7) is 1.92. The standard InChI is InChI=1S/C12H12ClN3O2S/c1-7-4-3-5-8(10(7)13)11-14-15-12(16(11)2)19-6-9(17)18/h3-5H,6H2,1-2H3,(H,17,18). The Morgan fingerprint density at radius 3 is 2.89 bits per heavy atom. The maximum absolute atomic E-state index is 10.6. The third-order valence-corrected chi connectivity index (χ3v) is 4.10. The summed E-state index contributed by atoms with van der Waals surface area (Å²) >= 11 is 7.38. The molecule has 1 heterocycles. The highest BCUT2D eigenvalue weighted by molar-refractivity contribution is 7.99. The van der Waals surface area contributed by atoms with Crippen molar-refractivity contribution in [1.29, 1.82) is 0 Å². The van der Waals surface area contributed by atoms with Gasteiger partial charge >= 0.3 is 5.97 Å². The highest BCUT2D eigenvalue weighted by atomic mass is 35.5. The predicted octanol–water partition coefficient (Wildman–Crippen LogP) is 2.62. The Labute approximate surface area is 119 Å². The normalized spacial score (nSPS) is 10.7. The molecule has 0 unspecified atom stereocenters. The molecule has 0 fully saturated rings. The van der Waals surface area contributed by atoms with Crippen molar-refractivity contribution in [1.82, 2.24) is 14.8 Å². The van der Waals surface area contributed by atoms with Gasteiger partial charge in [0, 0.05) is 12.6 Å². The summed E-state index contributed by atoms with van der Waals surface area (Å²) in [5, 5.41) is 17.9. The maximum atomic E-state index is 10.6. The van der Waals surface area contributed by atoms with Gasteiger partial charge in [-0.15, -0.1) is 10.2 Å². The minimum Gasteiger partial charge on any atom is -0.481 e. The lowest BCUT2D eigenvalue weighted by Gasteiger charge is -2.06. The first-order valence-corrected chi connectivity index (χ1v) is 6.86. The third kappa shape index (κ3) is 2.90. The van der Waals surface area contributed by atoms with E-state index in [2.05, 4.69) is 10.2 Å². The van der Waals surface area contributed by atoms with E-state index in [1.807, 2.05) is 25.1 Å². The zero-order valence-corrected chi connectivity index (χ0v) is 12.0. The number of nitrogens with zero attached hydrogens (tertiary/aromatic N) is 3. The van der Waals surface area contributed by atoms with Crippen LogP contribution in [0.25, 0.3) is 11.4 Å². The first kappa shape index (κ1) is 13.9. The molecule has 0 saturated carbocycles. The zero-order valence-electron chi connectivity index (χ0n) is 10.4. The molecule has 19 heavy (non-hydrogen) atoms. The fourth-order valence-corrected chi connectivity index (χ4v) is 2.46. The number of rotatable bonds is 4. The fourth-order valence-electron chi connectivity index (χ4n) is 1.62. The van der Waals surface area contributed by atoms with Gasteiger partial charge in [-0.25, -0.2) is 0 Å². The Morgan fingerprint density at radius 2 is 2.21 bits per heavy atom. The van der Waals surface area contributed by atoms with E-state index in [1.54, 1.807) is 11.6 Å². The van der Waals surface area contributed by atoms with Crippen LogP contribution in [-0.4, -0.2) is 31.6 Å². The van der Waals surface area contributed by atoms with Crippen LogP contribution < -0.4 is 0 Å². The summed E-state index contributed by atoms with van der Waals surface area (Å²) in [5.41, 5.74) is 1.75. The summed E-state index contributed by atoms with van der Waals surface area (Å²) in [4.78, 5) is 10.6. The largest absolute Gasteiger partial charge is 0.481 e. The number of aliphatic carboxylic acids is 1. The van der Waals surface area contributed by atoms with E-state index in [0.717, 1.165) is 22.9 Å². The smallest absolute Gasteiger partial charge is 0.313 e. The van der Waals surface area contributed by atoms with Crippen LogP contribution in [0.3, 0.4) is 0 Å². The SMILES string of the molecule is Cc1cccc(-c2nnc(SCC(=O)O)n2C)c1Cl. The Hall–Kier alpha value is -1.53. The van der Waals surface area contributed by atoms with Crippen LogP contribution in [0.15, 0.2) is 23.4 Å². The van der Waals surface area contributed by atoms with Gasteiger partial charge in [0.2, 0.25) is 0 Å². The van der Waals surface area contributed by atoms with Crippen molar-refractivity contribution >= 4 is 29.3 Å². The molecule has 2 aromatic rings. The van der Waals surface area contributed by atoms with Crippen molar-refractivity contribution in [2.75, 3.05) is 5.75 Å². The lowest BCUT2D eigenvalue weighted by atomic mass is 10.1. The molecular weight excluding hydrogens is 286 g/mol. The molecule has 0 aliphatic carbocycles. The molecule has 5 nitrogen and oxygen atoms in total. The minimum absolute atomic E-state index is 0.0481. The molecule has 0 bridgehead atoms. The van der Waals surface area contributed by atoms with Gasteiger partial charge in [0.05, 0.1) is 10.8 Å². The zero-order chi connectivity index (χ0) is 14.0. The van der Waals surface area contributed by atoms with Gasteiger partial charge in [0.1, 0.15) is 0 Å². The third-order valence-electron chi connectivity index (χ3n) is 2.59. The Morgan fingerprint density at radius 1 is 1.47 bits per heavy atom. The highest BCUT2D eigenvalue weighted by Gasteiger charge is 2.15. The van der Waals surface area contributed by atoms with Gasteiger partial charge in [0.25, 0.3) is 0 Å². The van der Waals surface area contributed by atoms with Crippen LogP contribution in [0.1, 0.15) is 5.56 Å². The summed E-state index contributed by atoms with van der Waals surface area (Å²) in [7, 11) is 1.79. The van der Waals surface area contributed by atoms with Crippen molar-refractivity contribution in [2.24, 2.45) is 7.05 Å². The second kappa shape index (κ2) is 5.63. The lowest BCUT2D eigenvalue weighted by Crippen LogP contribution is -2.01. The van der Waals surface area contributed by atoms with E-state index in [4.69, 9.17) is 16.7 Å². The van der Waals surface area contributed by atoms with E-state index in [0.29, 0.717) is 16.0 Å². The van der Waals surface area contributed by atoms with E-state index in [-0.39, 0.29) is 5.75 Å². The maximum Gasteiger partial charge on any atom is 0.313 e. The Bertz CT molecular complexity index is 627. The van der Waals surface area contributed by atoms with Crippen LogP contribution in [0.2, 0.25) is 5.02 Å². The molecule has 1 aromatic heterocycles. The molecule has 0 atom stereocenters. The van der Waals surface area contributed by atoms with Gasteiger partial charge in [-0.2, -0.15) is 0 Å². The van der Waals surface area contributed by atoms with Crippen molar-refractivity contribution in [3.8, 4) is 11.4 Å². The molecule has 0 spiro atoms. The summed E-state index contributed by atoms with van der Waals surface area (Å²) in [6.07, 6.45) is 0. The predicted molar refractivity (Wildman–Crippen MR) is 74.5 cm³/mol. The van der Waals surface area contributed by atoms with Crippen molar-refractivity contribution in [3.63, 3.8) is 0 Å². The monoisotopic (exact) mass is 297 g/mol. The van der Waals surface area contributed by atoms with E-state index in [9.17, 15) is 4.79 Å². The van der Waals surface area contributed by atoms with Crippen LogP contribution in [0, 0.1) is 6.92 Å². The number of thioether (sulfide) groups is 1.